The van der Waals surface area contributed by atoms with Crippen LogP contribution in [0.15, 0.2) is 67.7 Å². The standard InChI is InChI=1S/C24H23N3O4S/c1-3-4-11-27-23(30)19-7-5-6-8-20(19)26-24(27)32-14-16-12-22(29)31-21-13-17(25-15(2)28)9-10-18(16)21/h5-10,12-13H,3-4,11,14H2,1-2H3,(H,25,28). The van der Waals surface area contributed by atoms with Crippen molar-refractivity contribution in [1.82, 2.24) is 9.55 Å². The highest BCUT2D eigenvalue weighted by Crippen LogP contribution is 2.27. The maximum absolute atomic E-state index is 13.1. The van der Waals surface area contributed by atoms with E-state index < -0.39 is 5.63 Å². The molecule has 2 aromatic heterocycles. The van der Waals surface area contributed by atoms with E-state index in [1.807, 2.05) is 24.3 Å². The third kappa shape index (κ3) is 4.60. The largest absolute Gasteiger partial charge is 0.423 e. The van der Waals surface area contributed by atoms with Gasteiger partial charge in [0, 0.05) is 42.4 Å². The zero-order valence-corrected chi connectivity index (χ0v) is 18.7. The second-order valence-electron chi connectivity index (χ2n) is 7.49. The van der Waals surface area contributed by atoms with E-state index >= 15 is 0 Å². The third-order valence-electron chi connectivity index (χ3n) is 5.07. The number of thioether (sulfide) groups is 1. The zero-order chi connectivity index (χ0) is 22.7. The topological polar surface area (TPSA) is 94.2 Å². The van der Waals surface area contributed by atoms with Crippen LogP contribution in [0.3, 0.4) is 0 Å². The molecule has 4 rings (SSSR count). The van der Waals surface area contributed by atoms with Crippen molar-refractivity contribution < 1.29 is 9.21 Å². The molecule has 4 aromatic rings. The SMILES string of the molecule is CCCCn1c(SCc2cc(=O)oc3cc(NC(C)=O)ccc23)nc2ccccc2c1=O. The molecular formula is C24H23N3O4S. The van der Waals surface area contributed by atoms with Crippen molar-refractivity contribution in [3.63, 3.8) is 0 Å². The Balaban J connectivity index is 1.72. The summed E-state index contributed by atoms with van der Waals surface area (Å²) in [6.45, 7) is 4.09. The average molecular weight is 450 g/mol. The first-order chi connectivity index (χ1) is 15.5. The van der Waals surface area contributed by atoms with E-state index in [0.29, 0.717) is 39.6 Å². The lowest BCUT2D eigenvalue weighted by Gasteiger charge is -2.13. The number of hydrogen-bond acceptors (Lipinski definition) is 6. The molecule has 32 heavy (non-hydrogen) atoms. The highest BCUT2D eigenvalue weighted by atomic mass is 32.2. The van der Waals surface area contributed by atoms with Crippen LogP contribution in [0.5, 0.6) is 0 Å². The molecule has 2 aromatic carbocycles. The van der Waals surface area contributed by atoms with Crippen molar-refractivity contribution in [2.75, 3.05) is 5.32 Å². The fourth-order valence-electron chi connectivity index (χ4n) is 3.54. The summed E-state index contributed by atoms with van der Waals surface area (Å²) in [5.74, 6) is 0.240. The van der Waals surface area contributed by atoms with Crippen LogP contribution in [-0.4, -0.2) is 15.5 Å². The first-order valence-corrected chi connectivity index (χ1v) is 11.4. The van der Waals surface area contributed by atoms with E-state index in [1.165, 1.54) is 24.8 Å². The number of amides is 1. The van der Waals surface area contributed by atoms with Gasteiger partial charge in [-0.2, -0.15) is 0 Å². The highest BCUT2D eigenvalue weighted by Gasteiger charge is 2.13. The van der Waals surface area contributed by atoms with Crippen molar-refractivity contribution in [2.45, 2.75) is 44.1 Å². The van der Waals surface area contributed by atoms with Gasteiger partial charge in [-0.15, -0.1) is 0 Å². The highest BCUT2D eigenvalue weighted by molar-refractivity contribution is 7.98. The van der Waals surface area contributed by atoms with Crippen LogP contribution >= 0.6 is 11.8 Å². The van der Waals surface area contributed by atoms with Gasteiger partial charge < -0.3 is 9.73 Å². The Morgan fingerprint density at radius 3 is 2.72 bits per heavy atom. The number of carbonyl (C=O) groups excluding carboxylic acids is 1. The second-order valence-corrected chi connectivity index (χ2v) is 8.44. The molecule has 0 atom stereocenters. The molecule has 0 saturated heterocycles. The molecule has 0 unspecified atom stereocenters. The molecule has 0 aliphatic rings. The van der Waals surface area contributed by atoms with Crippen molar-refractivity contribution in [2.24, 2.45) is 0 Å². The second kappa shape index (κ2) is 9.40. The molecular weight excluding hydrogens is 426 g/mol. The number of unbranched alkanes of at least 4 members (excludes halogenated alkanes) is 1. The Labute approximate surface area is 188 Å². The van der Waals surface area contributed by atoms with Gasteiger partial charge in [0.1, 0.15) is 5.58 Å². The summed E-state index contributed by atoms with van der Waals surface area (Å²) < 4.78 is 7.06. The predicted octanol–water partition coefficient (Wildman–Crippen LogP) is 4.55. The van der Waals surface area contributed by atoms with Gasteiger partial charge in [0.2, 0.25) is 5.91 Å². The summed E-state index contributed by atoms with van der Waals surface area (Å²) >= 11 is 1.42. The lowest BCUT2D eigenvalue weighted by molar-refractivity contribution is -0.114. The first-order valence-electron chi connectivity index (χ1n) is 10.4. The number of rotatable bonds is 7. The number of nitrogens with zero attached hydrogens (tertiary/aromatic N) is 2. The summed E-state index contributed by atoms with van der Waals surface area (Å²) in [4.78, 5) is 41.3. The van der Waals surface area contributed by atoms with Crippen molar-refractivity contribution in [1.29, 1.82) is 0 Å². The molecule has 1 N–H and O–H groups in total. The third-order valence-corrected chi connectivity index (χ3v) is 6.09. The minimum absolute atomic E-state index is 0.0519. The summed E-state index contributed by atoms with van der Waals surface area (Å²) in [7, 11) is 0. The van der Waals surface area contributed by atoms with Crippen LogP contribution in [0.2, 0.25) is 0 Å². The molecule has 0 saturated carbocycles. The van der Waals surface area contributed by atoms with Crippen molar-refractivity contribution in [3.8, 4) is 0 Å². The van der Waals surface area contributed by atoms with Gasteiger partial charge in [-0.3, -0.25) is 14.2 Å². The van der Waals surface area contributed by atoms with Gasteiger partial charge in [-0.1, -0.05) is 37.2 Å². The monoisotopic (exact) mass is 449 g/mol. The first kappa shape index (κ1) is 21.8. The minimum Gasteiger partial charge on any atom is -0.423 e. The molecule has 0 aliphatic heterocycles. The van der Waals surface area contributed by atoms with Crippen molar-refractivity contribution in [3.05, 3.63) is 74.9 Å². The molecule has 7 nitrogen and oxygen atoms in total. The van der Waals surface area contributed by atoms with Crippen LogP contribution in [-0.2, 0) is 17.1 Å². The smallest absolute Gasteiger partial charge is 0.336 e. The predicted molar refractivity (Wildman–Crippen MR) is 127 cm³/mol. The lowest BCUT2D eigenvalue weighted by Crippen LogP contribution is -2.23. The zero-order valence-electron chi connectivity index (χ0n) is 17.9. The lowest BCUT2D eigenvalue weighted by atomic mass is 10.1. The number of carbonyl (C=O) groups is 1. The number of aromatic nitrogens is 2. The van der Waals surface area contributed by atoms with Gasteiger partial charge in [0.05, 0.1) is 10.9 Å². The summed E-state index contributed by atoms with van der Waals surface area (Å²) in [5.41, 5.74) is 1.87. The summed E-state index contributed by atoms with van der Waals surface area (Å²) in [6, 6.07) is 14.0. The number of hydrogen-bond donors (Lipinski definition) is 1. The molecule has 1 amide bonds. The average Bonchev–Trinajstić information content (AvgIpc) is 2.76. The summed E-state index contributed by atoms with van der Waals surface area (Å²) in [5, 5.41) is 4.69. The van der Waals surface area contributed by atoms with Crippen LogP contribution in [0, 0.1) is 0 Å². The Hall–Kier alpha value is -3.39. The van der Waals surface area contributed by atoms with Crippen molar-refractivity contribution >= 4 is 45.2 Å². The molecule has 0 aliphatic carbocycles. The Morgan fingerprint density at radius 2 is 1.94 bits per heavy atom. The van der Waals surface area contributed by atoms with E-state index in [2.05, 4.69) is 12.2 Å². The van der Waals surface area contributed by atoms with E-state index in [4.69, 9.17) is 9.40 Å². The molecule has 8 heteroatoms. The number of fused-ring (bicyclic) bond motifs is 2. The molecule has 0 bridgehead atoms. The van der Waals surface area contributed by atoms with E-state index in [0.717, 1.165) is 23.8 Å². The number of para-hydroxylation sites is 1. The molecule has 164 valence electrons. The van der Waals surface area contributed by atoms with E-state index in [9.17, 15) is 14.4 Å². The fraction of sp³-hybridized carbons (Fsp3) is 0.250. The van der Waals surface area contributed by atoms with E-state index in [1.54, 1.807) is 22.8 Å². The van der Waals surface area contributed by atoms with E-state index in [-0.39, 0.29) is 11.5 Å². The number of benzene rings is 2. The summed E-state index contributed by atoms with van der Waals surface area (Å²) in [6.07, 6.45) is 1.83. The molecule has 0 fully saturated rings. The number of nitrogens with one attached hydrogen (secondary N) is 1. The van der Waals surface area contributed by atoms with Gasteiger partial charge >= 0.3 is 5.63 Å². The molecule has 0 spiro atoms. The molecule has 2 heterocycles. The van der Waals surface area contributed by atoms with Gasteiger partial charge in [0.25, 0.3) is 5.56 Å². The van der Waals surface area contributed by atoms with Crippen LogP contribution in [0.1, 0.15) is 32.3 Å². The minimum atomic E-state index is -0.470. The van der Waals surface area contributed by atoms with Gasteiger partial charge in [-0.25, -0.2) is 9.78 Å². The maximum Gasteiger partial charge on any atom is 0.336 e. The normalized spacial score (nSPS) is 11.2. The van der Waals surface area contributed by atoms with Crippen LogP contribution < -0.4 is 16.5 Å². The Bertz CT molecular complexity index is 1420. The quantitative estimate of drug-likeness (QED) is 0.253. The van der Waals surface area contributed by atoms with Gasteiger partial charge in [0.15, 0.2) is 5.16 Å². The fourth-order valence-corrected chi connectivity index (χ4v) is 4.56. The van der Waals surface area contributed by atoms with Crippen LogP contribution in [0.4, 0.5) is 5.69 Å². The number of anilines is 1. The molecule has 0 radical (unpaired) electrons. The van der Waals surface area contributed by atoms with Crippen LogP contribution in [0.25, 0.3) is 21.9 Å². The Kier molecular flexibility index (Phi) is 6.41. The maximum atomic E-state index is 13.1. The van der Waals surface area contributed by atoms with Gasteiger partial charge in [-0.05, 0) is 36.2 Å². The Morgan fingerprint density at radius 1 is 1.12 bits per heavy atom.